The molecule has 5 nitrogen and oxygen atoms in total. The number of nitrogens with zero attached hydrogens (tertiary/aromatic N) is 2. The summed E-state index contributed by atoms with van der Waals surface area (Å²) in [6.07, 6.45) is 1.77. The fourth-order valence-electron chi connectivity index (χ4n) is 0.768. The normalized spacial score (nSPS) is 14.4. The van der Waals surface area contributed by atoms with Gasteiger partial charge in [-0.3, -0.25) is 0 Å². The zero-order chi connectivity index (χ0) is 10.1. The molecule has 1 rings (SSSR count). The van der Waals surface area contributed by atoms with Crippen LogP contribution in [-0.2, 0) is 16.3 Å². The van der Waals surface area contributed by atoms with Crippen LogP contribution in [0.3, 0.4) is 0 Å². The standard InChI is InChI=1S/C7H12N2O3S/c1-4-6-8-7(9-12-6)5(2)13(3,10)11/h5H,4H2,1-3H3. The smallest absolute Gasteiger partial charge is 0.226 e. The summed E-state index contributed by atoms with van der Waals surface area (Å²) in [5.41, 5.74) is 0. The van der Waals surface area contributed by atoms with Gasteiger partial charge in [-0.25, -0.2) is 8.42 Å². The van der Waals surface area contributed by atoms with Crippen molar-refractivity contribution in [2.75, 3.05) is 6.26 Å². The van der Waals surface area contributed by atoms with Gasteiger partial charge in [-0.1, -0.05) is 12.1 Å². The summed E-state index contributed by atoms with van der Waals surface area (Å²) in [6, 6.07) is 0. The van der Waals surface area contributed by atoms with Crippen LogP contribution in [-0.4, -0.2) is 24.8 Å². The van der Waals surface area contributed by atoms with Gasteiger partial charge < -0.3 is 4.52 Å². The second-order valence-corrected chi connectivity index (χ2v) is 5.24. The molecule has 74 valence electrons. The van der Waals surface area contributed by atoms with Gasteiger partial charge in [0.2, 0.25) is 5.89 Å². The summed E-state index contributed by atoms with van der Waals surface area (Å²) in [7, 11) is -3.14. The molecule has 0 spiro atoms. The van der Waals surface area contributed by atoms with Crippen molar-refractivity contribution in [3.8, 4) is 0 Å². The Morgan fingerprint density at radius 2 is 2.15 bits per heavy atom. The molecule has 0 radical (unpaired) electrons. The maximum Gasteiger partial charge on any atom is 0.226 e. The van der Waals surface area contributed by atoms with Gasteiger partial charge in [0.25, 0.3) is 0 Å². The van der Waals surface area contributed by atoms with Crippen LogP contribution in [0, 0.1) is 0 Å². The molecule has 1 unspecified atom stereocenters. The fraction of sp³-hybridized carbons (Fsp3) is 0.714. The maximum atomic E-state index is 11.1. The zero-order valence-corrected chi connectivity index (χ0v) is 8.63. The quantitative estimate of drug-likeness (QED) is 0.726. The molecule has 0 N–H and O–H groups in total. The van der Waals surface area contributed by atoms with Crippen LogP contribution in [0.15, 0.2) is 4.52 Å². The third-order valence-electron chi connectivity index (χ3n) is 1.79. The van der Waals surface area contributed by atoms with E-state index in [1.54, 1.807) is 6.92 Å². The molecule has 1 aromatic heterocycles. The van der Waals surface area contributed by atoms with Crippen LogP contribution < -0.4 is 0 Å². The summed E-state index contributed by atoms with van der Waals surface area (Å²) < 4.78 is 27.0. The summed E-state index contributed by atoms with van der Waals surface area (Å²) in [5, 5.41) is 2.89. The molecule has 0 bridgehead atoms. The first-order valence-electron chi connectivity index (χ1n) is 3.96. The Labute approximate surface area is 77.1 Å². The third kappa shape index (κ3) is 2.27. The highest BCUT2D eigenvalue weighted by atomic mass is 32.2. The van der Waals surface area contributed by atoms with E-state index >= 15 is 0 Å². The molecule has 0 aliphatic carbocycles. The number of hydrogen-bond donors (Lipinski definition) is 0. The Balaban J connectivity index is 2.96. The van der Waals surface area contributed by atoms with Crippen molar-refractivity contribution in [1.29, 1.82) is 0 Å². The number of hydrogen-bond acceptors (Lipinski definition) is 5. The molecule has 1 heterocycles. The molecule has 0 aromatic carbocycles. The van der Waals surface area contributed by atoms with E-state index in [-0.39, 0.29) is 5.82 Å². The van der Waals surface area contributed by atoms with E-state index in [0.29, 0.717) is 12.3 Å². The van der Waals surface area contributed by atoms with Crippen molar-refractivity contribution < 1.29 is 12.9 Å². The molecule has 0 aliphatic rings. The average Bonchev–Trinajstić information content (AvgIpc) is 2.48. The van der Waals surface area contributed by atoms with Crippen LogP contribution in [0.1, 0.15) is 30.8 Å². The average molecular weight is 204 g/mol. The van der Waals surface area contributed by atoms with Crippen molar-refractivity contribution in [3.63, 3.8) is 0 Å². The lowest BCUT2D eigenvalue weighted by Gasteiger charge is -2.01. The van der Waals surface area contributed by atoms with E-state index in [4.69, 9.17) is 4.52 Å². The van der Waals surface area contributed by atoms with Gasteiger partial charge >= 0.3 is 0 Å². The Bertz CT molecular complexity index is 382. The van der Waals surface area contributed by atoms with Gasteiger partial charge in [0.05, 0.1) is 0 Å². The molecule has 1 aromatic rings. The van der Waals surface area contributed by atoms with Crippen LogP contribution in [0.5, 0.6) is 0 Å². The van der Waals surface area contributed by atoms with E-state index in [1.807, 2.05) is 6.92 Å². The second-order valence-electron chi connectivity index (χ2n) is 2.87. The first-order chi connectivity index (χ1) is 5.95. The first kappa shape index (κ1) is 10.2. The summed E-state index contributed by atoms with van der Waals surface area (Å²) in [5.74, 6) is 0.699. The largest absolute Gasteiger partial charge is 0.339 e. The molecule has 0 amide bonds. The van der Waals surface area contributed by atoms with E-state index in [9.17, 15) is 8.42 Å². The number of sulfone groups is 1. The summed E-state index contributed by atoms with van der Waals surface area (Å²) in [6.45, 7) is 3.40. The van der Waals surface area contributed by atoms with Gasteiger partial charge in [0.1, 0.15) is 5.25 Å². The molecular formula is C7H12N2O3S. The minimum atomic E-state index is -3.14. The van der Waals surface area contributed by atoms with Crippen LogP contribution in [0.4, 0.5) is 0 Å². The van der Waals surface area contributed by atoms with Crippen molar-refractivity contribution in [2.24, 2.45) is 0 Å². The highest BCUT2D eigenvalue weighted by Gasteiger charge is 2.22. The van der Waals surface area contributed by atoms with E-state index in [2.05, 4.69) is 10.1 Å². The highest BCUT2D eigenvalue weighted by Crippen LogP contribution is 2.17. The molecule has 6 heteroatoms. The lowest BCUT2D eigenvalue weighted by atomic mass is 10.4. The Kier molecular flexibility index (Phi) is 2.70. The van der Waals surface area contributed by atoms with Gasteiger partial charge in [-0.05, 0) is 6.92 Å². The topological polar surface area (TPSA) is 73.1 Å². The van der Waals surface area contributed by atoms with Gasteiger partial charge in [-0.15, -0.1) is 0 Å². The van der Waals surface area contributed by atoms with Crippen LogP contribution in [0.25, 0.3) is 0 Å². The monoisotopic (exact) mass is 204 g/mol. The zero-order valence-electron chi connectivity index (χ0n) is 7.81. The minimum absolute atomic E-state index is 0.236. The predicted molar refractivity (Wildman–Crippen MR) is 46.9 cm³/mol. The van der Waals surface area contributed by atoms with E-state index in [0.717, 1.165) is 6.26 Å². The Morgan fingerprint density at radius 1 is 1.54 bits per heavy atom. The third-order valence-corrected chi connectivity index (χ3v) is 3.29. The fourth-order valence-corrected chi connectivity index (χ4v) is 1.25. The SMILES string of the molecule is CCc1nc(C(C)S(C)(=O)=O)no1. The molecular weight excluding hydrogens is 192 g/mol. The lowest BCUT2D eigenvalue weighted by molar-refractivity contribution is 0.376. The Hall–Kier alpha value is -0.910. The predicted octanol–water partition coefficient (Wildman–Crippen LogP) is 0.738. The molecule has 1 atom stereocenters. The maximum absolute atomic E-state index is 11.1. The molecule has 0 fully saturated rings. The van der Waals surface area contributed by atoms with Gasteiger partial charge in [-0.2, -0.15) is 4.98 Å². The van der Waals surface area contributed by atoms with Gasteiger partial charge in [0.15, 0.2) is 15.7 Å². The Morgan fingerprint density at radius 3 is 2.54 bits per heavy atom. The van der Waals surface area contributed by atoms with Gasteiger partial charge in [0, 0.05) is 12.7 Å². The minimum Gasteiger partial charge on any atom is -0.339 e. The molecule has 0 saturated heterocycles. The molecule has 13 heavy (non-hydrogen) atoms. The van der Waals surface area contributed by atoms with Crippen molar-refractivity contribution >= 4 is 9.84 Å². The first-order valence-corrected chi connectivity index (χ1v) is 5.92. The van der Waals surface area contributed by atoms with E-state index < -0.39 is 15.1 Å². The number of aryl methyl sites for hydroxylation is 1. The summed E-state index contributed by atoms with van der Waals surface area (Å²) >= 11 is 0. The lowest BCUT2D eigenvalue weighted by Crippen LogP contribution is -2.09. The van der Waals surface area contributed by atoms with E-state index in [1.165, 1.54) is 0 Å². The number of aromatic nitrogens is 2. The van der Waals surface area contributed by atoms with Crippen molar-refractivity contribution in [2.45, 2.75) is 25.5 Å². The van der Waals surface area contributed by atoms with Crippen molar-refractivity contribution in [1.82, 2.24) is 10.1 Å². The van der Waals surface area contributed by atoms with Crippen molar-refractivity contribution in [3.05, 3.63) is 11.7 Å². The number of rotatable bonds is 3. The second kappa shape index (κ2) is 3.45. The molecule has 0 aliphatic heterocycles. The summed E-state index contributed by atoms with van der Waals surface area (Å²) in [4.78, 5) is 3.94. The van der Waals surface area contributed by atoms with Crippen LogP contribution in [0.2, 0.25) is 0 Å². The highest BCUT2D eigenvalue weighted by molar-refractivity contribution is 7.90. The van der Waals surface area contributed by atoms with Crippen LogP contribution >= 0.6 is 0 Å². The molecule has 0 saturated carbocycles.